The zero-order chi connectivity index (χ0) is 12.1. The van der Waals surface area contributed by atoms with E-state index in [0.717, 1.165) is 17.5 Å². The fourth-order valence-electron chi connectivity index (χ4n) is 1.69. The average Bonchev–Trinajstić information content (AvgIpc) is 2.40. The molecule has 0 aliphatic rings. The fraction of sp³-hybridized carbons (Fsp3) is 0.143. The number of nitrogens with zero attached hydrogens (tertiary/aromatic N) is 1. The van der Waals surface area contributed by atoms with Crippen molar-refractivity contribution in [2.45, 2.75) is 6.42 Å². The molecule has 0 amide bonds. The highest BCUT2D eigenvalue weighted by Gasteiger charge is 2.08. The van der Waals surface area contributed by atoms with Crippen LogP contribution in [0.4, 0.5) is 0 Å². The monoisotopic (exact) mass is 243 g/mol. The molecule has 0 aliphatic heterocycles. The molecule has 0 fully saturated rings. The molecule has 17 heavy (non-hydrogen) atoms. The Hall–Kier alpha value is -1.74. The van der Waals surface area contributed by atoms with E-state index < -0.39 is 0 Å². The van der Waals surface area contributed by atoms with Gasteiger partial charge in [0.05, 0.1) is 12.7 Å². The van der Waals surface area contributed by atoms with Crippen LogP contribution in [0.1, 0.15) is 16.7 Å². The minimum atomic E-state index is 0.490. The molecule has 0 N–H and O–H groups in total. The lowest BCUT2D eigenvalue weighted by Gasteiger charge is -2.09. The highest BCUT2D eigenvalue weighted by Crippen LogP contribution is 2.14. The Morgan fingerprint density at radius 2 is 2.00 bits per heavy atom. The molecule has 2 nitrogen and oxygen atoms in total. The molecule has 86 valence electrons. The summed E-state index contributed by atoms with van der Waals surface area (Å²) in [6, 6.07) is 12.3. The summed E-state index contributed by atoms with van der Waals surface area (Å²) >= 11 is 5.16. The zero-order valence-electron chi connectivity index (χ0n) is 9.59. The minimum Gasteiger partial charge on any atom is -0.486 e. The number of rotatable bonds is 3. The van der Waals surface area contributed by atoms with Crippen LogP contribution in [-0.2, 0) is 11.2 Å². The second-order valence-corrected chi connectivity index (χ2v) is 4.06. The van der Waals surface area contributed by atoms with E-state index in [1.54, 1.807) is 19.5 Å². The van der Waals surface area contributed by atoms with Crippen molar-refractivity contribution in [3.63, 3.8) is 0 Å². The van der Waals surface area contributed by atoms with Crippen LogP contribution in [0.3, 0.4) is 0 Å². The van der Waals surface area contributed by atoms with Crippen molar-refractivity contribution in [2.75, 3.05) is 7.11 Å². The molecule has 2 rings (SSSR count). The van der Waals surface area contributed by atoms with Crippen molar-refractivity contribution in [2.24, 2.45) is 0 Å². The van der Waals surface area contributed by atoms with Crippen LogP contribution in [0.5, 0.6) is 0 Å². The second kappa shape index (κ2) is 5.55. The lowest BCUT2D eigenvalue weighted by molar-refractivity contribution is 0.415. The Morgan fingerprint density at radius 3 is 2.71 bits per heavy atom. The maximum Gasteiger partial charge on any atom is 0.192 e. The molecule has 0 bridgehead atoms. The highest BCUT2D eigenvalue weighted by molar-refractivity contribution is 7.80. The van der Waals surface area contributed by atoms with Crippen LogP contribution in [0, 0.1) is 0 Å². The molecule has 0 saturated heterocycles. The third-order valence-corrected chi connectivity index (χ3v) is 2.94. The minimum absolute atomic E-state index is 0.490. The van der Waals surface area contributed by atoms with Gasteiger partial charge in [0.1, 0.15) is 0 Å². The van der Waals surface area contributed by atoms with Gasteiger partial charge in [-0.3, -0.25) is 4.98 Å². The summed E-state index contributed by atoms with van der Waals surface area (Å²) in [4.78, 5) is 4.09. The Labute approximate surface area is 106 Å². The molecule has 0 aliphatic carbocycles. The van der Waals surface area contributed by atoms with Gasteiger partial charge in [0.2, 0.25) is 0 Å². The first-order chi connectivity index (χ1) is 8.31. The third-order valence-electron chi connectivity index (χ3n) is 2.55. The van der Waals surface area contributed by atoms with Gasteiger partial charge in [0.25, 0.3) is 0 Å². The van der Waals surface area contributed by atoms with Gasteiger partial charge in [-0.25, -0.2) is 0 Å². The number of hydrogen-bond acceptors (Lipinski definition) is 3. The summed E-state index contributed by atoms with van der Waals surface area (Å²) in [6.07, 6.45) is 4.37. The van der Waals surface area contributed by atoms with Crippen molar-refractivity contribution in [1.29, 1.82) is 0 Å². The zero-order valence-corrected chi connectivity index (χ0v) is 10.4. The van der Waals surface area contributed by atoms with Crippen molar-refractivity contribution in [3.8, 4) is 0 Å². The first kappa shape index (κ1) is 11.7. The Bertz CT molecular complexity index is 511. The third kappa shape index (κ3) is 2.88. The van der Waals surface area contributed by atoms with Crippen LogP contribution in [-0.4, -0.2) is 17.1 Å². The lowest BCUT2D eigenvalue weighted by atomic mass is 10.0. The van der Waals surface area contributed by atoms with Gasteiger partial charge >= 0.3 is 0 Å². The smallest absolute Gasteiger partial charge is 0.192 e. The van der Waals surface area contributed by atoms with E-state index >= 15 is 0 Å². The van der Waals surface area contributed by atoms with E-state index in [0.29, 0.717) is 5.05 Å². The van der Waals surface area contributed by atoms with E-state index in [1.807, 2.05) is 24.3 Å². The second-order valence-electron chi connectivity index (χ2n) is 3.69. The predicted molar refractivity (Wildman–Crippen MR) is 72.2 cm³/mol. The van der Waals surface area contributed by atoms with Crippen LogP contribution in [0.15, 0.2) is 48.8 Å². The molecule has 0 atom stereocenters. The van der Waals surface area contributed by atoms with Crippen molar-refractivity contribution >= 4 is 17.3 Å². The Kier molecular flexibility index (Phi) is 3.83. The summed E-state index contributed by atoms with van der Waals surface area (Å²) in [5.41, 5.74) is 3.28. The largest absolute Gasteiger partial charge is 0.486 e. The molecule has 3 heteroatoms. The summed E-state index contributed by atoms with van der Waals surface area (Å²) in [7, 11) is 1.58. The molecule has 2 aromatic rings. The first-order valence-corrected chi connectivity index (χ1v) is 5.77. The van der Waals surface area contributed by atoms with Gasteiger partial charge in [0, 0.05) is 12.4 Å². The molecule has 0 spiro atoms. The Morgan fingerprint density at radius 1 is 1.24 bits per heavy atom. The van der Waals surface area contributed by atoms with E-state index in [1.165, 1.54) is 5.56 Å². The van der Waals surface area contributed by atoms with Crippen molar-refractivity contribution < 1.29 is 4.74 Å². The lowest BCUT2D eigenvalue weighted by Crippen LogP contribution is -2.05. The van der Waals surface area contributed by atoms with Crippen LogP contribution in [0.25, 0.3) is 0 Å². The van der Waals surface area contributed by atoms with Gasteiger partial charge in [-0.1, -0.05) is 30.3 Å². The fourth-order valence-corrected chi connectivity index (χ4v) is 1.87. The van der Waals surface area contributed by atoms with E-state index in [9.17, 15) is 0 Å². The summed E-state index contributed by atoms with van der Waals surface area (Å²) in [5, 5.41) is 0.490. The maximum atomic E-state index is 5.16. The molecular formula is C14H13NOS. The predicted octanol–water partition coefficient (Wildman–Crippen LogP) is 2.99. The van der Waals surface area contributed by atoms with Crippen LogP contribution in [0.2, 0.25) is 0 Å². The molecule has 1 aromatic carbocycles. The van der Waals surface area contributed by atoms with Crippen molar-refractivity contribution in [1.82, 2.24) is 4.98 Å². The molecule has 1 heterocycles. The maximum absolute atomic E-state index is 5.16. The summed E-state index contributed by atoms with van der Waals surface area (Å²) < 4.78 is 5.11. The molecule has 0 radical (unpaired) electrons. The normalized spacial score (nSPS) is 9.94. The number of aromatic nitrogens is 1. The molecular weight excluding hydrogens is 230 g/mol. The van der Waals surface area contributed by atoms with Crippen LogP contribution >= 0.6 is 12.2 Å². The van der Waals surface area contributed by atoms with Gasteiger partial charge in [-0.2, -0.15) is 0 Å². The van der Waals surface area contributed by atoms with Gasteiger partial charge in [0.15, 0.2) is 5.05 Å². The number of benzene rings is 1. The van der Waals surface area contributed by atoms with E-state index in [2.05, 4.69) is 17.1 Å². The van der Waals surface area contributed by atoms with Gasteiger partial charge in [-0.15, -0.1) is 0 Å². The van der Waals surface area contributed by atoms with Crippen molar-refractivity contribution in [3.05, 3.63) is 65.5 Å². The summed E-state index contributed by atoms with van der Waals surface area (Å²) in [5.74, 6) is 0. The quantitative estimate of drug-likeness (QED) is 0.774. The molecule has 0 saturated carbocycles. The molecule has 0 unspecified atom stereocenters. The number of thiocarbonyl (C=S) groups is 1. The topological polar surface area (TPSA) is 22.1 Å². The van der Waals surface area contributed by atoms with Crippen LogP contribution < -0.4 is 0 Å². The SMILES string of the molecule is COC(=S)c1cnccc1Cc1ccccc1. The number of methoxy groups -OCH3 is 1. The standard InChI is InChI=1S/C14H13NOS/c1-16-14(17)13-10-15-8-7-12(13)9-11-5-3-2-4-6-11/h2-8,10H,9H2,1H3. The summed E-state index contributed by atoms with van der Waals surface area (Å²) in [6.45, 7) is 0. The average molecular weight is 243 g/mol. The number of ether oxygens (including phenoxy) is 1. The highest BCUT2D eigenvalue weighted by atomic mass is 32.1. The van der Waals surface area contributed by atoms with E-state index in [4.69, 9.17) is 17.0 Å². The Balaban J connectivity index is 2.30. The first-order valence-electron chi connectivity index (χ1n) is 5.36. The molecule has 1 aromatic heterocycles. The van der Waals surface area contributed by atoms with Gasteiger partial charge in [-0.05, 0) is 35.8 Å². The van der Waals surface area contributed by atoms with Gasteiger partial charge < -0.3 is 4.74 Å². The number of pyridine rings is 1. The van der Waals surface area contributed by atoms with E-state index in [-0.39, 0.29) is 0 Å². The number of hydrogen-bond donors (Lipinski definition) is 0.